The van der Waals surface area contributed by atoms with Crippen molar-refractivity contribution in [3.05, 3.63) is 53.6 Å². The van der Waals surface area contributed by atoms with E-state index in [0.717, 1.165) is 0 Å². The van der Waals surface area contributed by atoms with Crippen LogP contribution >= 0.6 is 0 Å². The molecule has 0 saturated heterocycles. The Hall–Kier alpha value is -2.62. The van der Waals surface area contributed by atoms with Crippen LogP contribution in [0.2, 0.25) is 0 Å². The Morgan fingerprint density at radius 1 is 1.00 bits per heavy atom. The molecule has 0 atom stereocenters. The van der Waals surface area contributed by atoms with E-state index in [1.54, 1.807) is 12.1 Å². The maximum atomic E-state index is 13.6. The number of nitriles is 1. The summed E-state index contributed by atoms with van der Waals surface area (Å²) in [6.07, 6.45) is 2.54. The minimum atomic E-state index is -2.70. The highest BCUT2D eigenvalue weighted by Gasteiger charge is 2.44. The zero-order valence-corrected chi connectivity index (χ0v) is 12.8. The summed E-state index contributed by atoms with van der Waals surface area (Å²) in [5, 5.41) is 11.9. The van der Waals surface area contributed by atoms with E-state index >= 15 is 0 Å². The molecule has 1 heterocycles. The molecule has 24 heavy (non-hydrogen) atoms. The summed E-state index contributed by atoms with van der Waals surface area (Å²) in [7, 11) is 0. The molecule has 7 heteroatoms. The number of hydrogen-bond donors (Lipinski definition) is 1. The first-order valence-corrected chi connectivity index (χ1v) is 7.57. The summed E-state index contributed by atoms with van der Waals surface area (Å²) in [5.41, 5.74) is 0.239. The Kier molecular flexibility index (Phi) is 4.14. The van der Waals surface area contributed by atoms with Gasteiger partial charge in [-0.3, -0.25) is 0 Å². The molecule has 1 N–H and O–H groups in total. The van der Waals surface area contributed by atoms with Crippen molar-refractivity contribution in [1.29, 1.82) is 5.26 Å². The molecular formula is C17H15F3N4. The van der Waals surface area contributed by atoms with E-state index in [4.69, 9.17) is 5.26 Å². The summed E-state index contributed by atoms with van der Waals surface area (Å²) >= 11 is 0. The van der Waals surface area contributed by atoms with Crippen LogP contribution in [0.25, 0.3) is 0 Å². The van der Waals surface area contributed by atoms with Crippen molar-refractivity contribution >= 4 is 5.95 Å². The van der Waals surface area contributed by atoms with Crippen molar-refractivity contribution < 1.29 is 13.2 Å². The normalized spacial score (nSPS) is 18.6. The van der Waals surface area contributed by atoms with Crippen molar-refractivity contribution in [3.63, 3.8) is 0 Å². The SMILES string of the molecule is N#Cc1cnc(NC2(c3ccc(F)cc3)CCC(F)(F)CC2)nc1. The second-order valence-corrected chi connectivity index (χ2v) is 5.98. The molecule has 1 saturated carbocycles. The Balaban J connectivity index is 1.93. The number of alkyl halides is 2. The molecule has 1 aliphatic carbocycles. The molecule has 0 radical (unpaired) electrons. The topological polar surface area (TPSA) is 61.6 Å². The van der Waals surface area contributed by atoms with Crippen LogP contribution in [0.1, 0.15) is 36.8 Å². The van der Waals surface area contributed by atoms with Crippen LogP contribution in [0.5, 0.6) is 0 Å². The number of aromatic nitrogens is 2. The predicted molar refractivity (Wildman–Crippen MR) is 81.9 cm³/mol. The van der Waals surface area contributed by atoms with E-state index < -0.39 is 11.5 Å². The van der Waals surface area contributed by atoms with Gasteiger partial charge in [0.15, 0.2) is 0 Å². The molecule has 4 nitrogen and oxygen atoms in total. The first-order chi connectivity index (χ1) is 11.4. The number of rotatable bonds is 3. The van der Waals surface area contributed by atoms with Crippen LogP contribution in [-0.4, -0.2) is 15.9 Å². The number of hydrogen-bond acceptors (Lipinski definition) is 4. The van der Waals surface area contributed by atoms with Crippen LogP contribution < -0.4 is 5.32 Å². The van der Waals surface area contributed by atoms with Crippen LogP contribution in [0.15, 0.2) is 36.7 Å². The number of nitrogens with one attached hydrogen (secondary N) is 1. The van der Waals surface area contributed by atoms with E-state index in [2.05, 4.69) is 15.3 Å². The molecule has 0 spiro atoms. The average molecular weight is 332 g/mol. The van der Waals surface area contributed by atoms with Crippen LogP contribution in [-0.2, 0) is 5.54 Å². The molecule has 0 bridgehead atoms. The first kappa shape index (κ1) is 16.2. The van der Waals surface area contributed by atoms with E-state index in [1.165, 1.54) is 24.5 Å². The second-order valence-electron chi connectivity index (χ2n) is 5.98. The summed E-state index contributed by atoms with van der Waals surface area (Å²) in [5.74, 6) is -2.83. The predicted octanol–water partition coefficient (Wildman–Crippen LogP) is 4.00. The van der Waals surface area contributed by atoms with Gasteiger partial charge in [-0.25, -0.2) is 23.1 Å². The largest absolute Gasteiger partial charge is 0.345 e. The van der Waals surface area contributed by atoms with Crippen molar-refractivity contribution in [2.75, 3.05) is 5.32 Å². The van der Waals surface area contributed by atoms with Gasteiger partial charge in [0, 0.05) is 12.8 Å². The molecule has 124 valence electrons. The molecule has 1 aromatic carbocycles. The van der Waals surface area contributed by atoms with Gasteiger partial charge in [-0.1, -0.05) is 12.1 Å². The molecule has 1 aliphatic rings. The van der Waals surface area contributed by atoms with Gasteiger partial charge in [-0.05, 0) is 30.5 Å². The third-order valence-electron chi connectivity index (χ3n) is 4.36. The summed E-state index contributed by atoms with van der Waals surface area (Å²) in [6, 6.07) is 7.73. The highest BCUT2D eigenvalue weighted by atomic mass is 19.3. The molecule has 2 aromatic rings. The van der Waals surface area contributed by atoms with Gasteiger partial charge < -0.3 is 5.32 Å². The molecular weight excluding hydrogens is 317 g/mol. The van der Waals surface area contributed by atoms with Gasteiger partial charge in [-0.15, -0.1) is 0 Å². The van der Waals surface area contributed by atoms with E-state index in [0.29, 0.717) is 11.1 Å². The number of benzene rings is 1. The Bertz CT molecular complexity index is 741. The van der Waals surface area contributed by atoms with E-state index in [-0.39, 0.29) is 37.4 Å². The smallest absolute Gasteiger partial charge is 0.248 e. The molecule has 0 aliphatic heterocycles. The molecule has 0 unspecified atom stereocenters. The third-order valence-corrected chi connectivity index (χ3v) is 4.36. The van der Waals surface area contributed by atoms with Gasteiger partial charge in [0.25, 0.3) is 0 Å². The third kappa shape index (κ3) is 3.32. The lowest BCUT2D eigenvalue weighted by molar-refractivity contribution is -0.0486. The Morgan fingerprint density at radius 3 is 2.12 bits per heavy atom. The summed E-state index contributed by atoms with van der Waals surface area (Å²) in [4.78, 5) is 8.12. The van der Waals surface area contributed by atoms with Crippen LogP contribution in [0.3, 0.4) is 0 Å². The fourth-order valence-electron chi connectivity index (χ4n) is 2.96. The number of anilines is 1. The highest BCUT2D eigenvalue weighted by Crippen LogP contribution is 2.45. The van der Waals surface area contributed by atoms with Gasteiger partial charge in [0.1, 0.15) is 11.9 Å². The minimum Gasteiger partial charge on any atom is -0.345 e. The van der Waals surface area contributed by atoms with Gasteiger partial charge in [-0.2, -0.15) is 5.26 Å². The lowest BCUT2D eigenvalue weighted by Gasteiger charge is -2.41. The van der Waals surface area contributed by atoms with Crippen molar-refractivity contribution in [2.45, 2.75) is 37.1 Å². The minimum absolute atomic E-state index is 0.176. The van der Waals surface area contributed by atoms with Crippen LogP contribution in [0, 0.1) is 17.1 Å². The zero-order chi connectivity index (χ0) is 17.2. The van der Waals surface area contributed by atoms with Gasteiger partial charge in [0.05, 0.1) is 23.5 Å². The van der Waals surface area contributed by atoms with Crippen LogP contribution in [0.4, 0.5) is 19.1 Å². The Labute approximate surface area is 137 Å². The second kappa shape index (κ2) is 6.11. The quantitative estimate of drug-likeness (QED) is 0.923. The molecule has 0 amide bonds. The first-order valence-electron chi connectivity index (χ1n) is 7.57. The van der Waals surface area contributed by atoms with Crippen molar-refractivity contribution in [3.8, 4) is 6.07 Å². The fourth-order valence-corrected chi connectivity index (χ4v) is 2.96. The maximum Gasteiger partial charge on any atom is 0.248 e. The Morgan fingerprint density at radius 2 is 1.58 bits per heavy atom. The molecule has 1 aromatic heterocycles. The summed E-state index contributed by atoms with van der Waals surface area (Å²) < 4.78 is 40.4. The van der Waals surface area contributed by atoms with Crippen molar-refractivity contribution in [2.24, 2.45) is 0 Å². The lowest BCUT2D eigenvalue weighted by atomic mass is 9.75. The fraction of sp³-hybridized carbons (Fsp3) is 0.353. The van der Waals surface area contributed by atoms with E-state index in [9.17, 15) is 13.2 Å². The highest BCUT2D eigenvalue weighted by molar-refractivity contribution is 5.39. The summed E-state index contributed by atoms with van der Waals surface area (Å²) in [6.45, 7) is 0. The maximum absolute atomic E-state index is 13.6. The molecule has 1 fully saturated rings. The number of halogens is 3. The lowest BCUT2D eigenvalue weighted by Crippen LogP contribution is -2.43. The van der Waals surface area contributed by atoms with Gasteiger partial charge in [0.2, 0.25) is 11.9 Å². The zero-order valence-electron chi connectivity index (χ0n) is 12.8. The average Bonchev–Trinajstić information content (AvgIpc) is 2.58. The van der Waals surface area contributed by atoms with Gasteiger partial charge >= 0.3 is 0 Å². The number of nitrogens with zero attached hydrogens (tertiary/aromatic N) is 3. The van der Waals surface area contributed by atoms with Crippen molar-refractivity contribution in [1.82, 2.24) is 9.97 Å². The standard InChI is InChI=1S/C17H15F3N4/c18-14-3-1-13(2-4-14)16(5-7-17(19,20)8-6-16)24-15-22-10-12(9-21)11-23-15/h1-4,10-11H,5-8H2,(H,22,23,24). The van der Waals surface area contributed by atoms with E-state index in [1.807, 2.05) is 6.07 Å². The monoisotopic (exact) mass is 332 g/mol. The molecule has 3 rings (SSSR count).